The number of thioether (sulfide) groups is 1. The van der Waals surface area contributed by atoms with Crippen molar-refractivity contribution < 1.29 is 33.3 Å². The van der Waals surface area contributed by atoms with E-state index in [1.54, 1.807) is 43.3 Å². The molecule has 3 aromatic carbocycles. The van der Waals surface area contributed by atoms with Crippen LogP contribution in [-0.2, 0) is 4.79 Å². The standard InChI is InChI=1S/C30H28ClNO7S/c1-5-37-25-16-20(15-23(31)27(25)39-29(34)21-8-10-22(36-4)11-9-21)17-26-28(33)32(30(35)40-26)12-13-38-24-14-18(2)6-7-19(24)3/h6-11,14-17H,5,12-13H2,1-4H3/b26-17-. The molecule has 40 heavy (non-hydrogen) atoms. The van der Waals surface area contributed by atoms with Gasteiger partial charge >= 0.3 is 5.97 Å². The molecule has 8 nitrogen and oxygen atoms in total. The lowest BCUT2D eigenvalue weighted by molar-refractivity contribution is -0.123. The van der Waals surface area contributed by atoms with E-state index in [1.807, 2.05) is 32.0 Å². The number of aryl methyl sites for hydroxylation is 2. The van der Waals surface area contributed by atoms with Gasteiger partial charge in [0.15, 0.2) is 11.5 Å². The summed E-state index contributed by atoms with van der Waals surface area (Å²) in [7, 11) is 1.53. The molecule has 0 radical (unpaired) electrons. The molecule has 0 N–H and O–H groups in total. The fraction of sp³-hybridized carbons (Fsp3) is 0.233. The zero-order valence-corrected chi connectivity index (χ0v) is 24.1. The SMILES string of the molecule is CCOc1cc(/C=C2\SC(=O)N(CCOc3cc(C)ccc3C)C2=O)cc(Cl)c1OC(=O)c1ccc(OC)cc1. The van der Waals surface area contributed by atoms with E-state index < -0.39 is 11.9 Å². The molecular weight excluding hydrogens is 554 g/mol. The Bertz CT molecular complexity index is 1470. The maximum absolute atomic E-state index is 13.0. The van der Waals surface area contributed by atoms with E-state index in [1.165, 1.54) is 13.2 Å². The number of rotatable bonds is 10. The molecule has 0 unspecified atom stereocenters. The number of hydrogen-bond donors (Lipinski definition) is 0. The molecule has 0 aliphatic carbocycles. The number of amides is 2. The minimum Gasteiger partial charge on any atom is -0.497 e. The number of methoxy groups -OCH3 is 1. The van der Waals surface area contributed by atoms with Gasteiger partial charge in [0.2, 0.25) is 0 Å². The van der Waals surface area contributed by atoms with Gasteiger partial charge in [-0.3, -0.25) is 14.5 Å². The Balaban J connectivity index is 1.48. The first-order valence-electron chi connectivity index (χ1n) is 12.5. The Morgan fingerprint density at radius 3 is 2.45 bits per heavy atom. The minimum absolute atomic E-state index is 0.0539. The van der Waals surface area contributed by atoms with Gasteiger partial charge in [-0.2, -0.15) is 0 Å². The molecule has 0 saturated carbocycles. The summed E-state index contributed by atoms with van der Waals surface area (Å²) in [5.74, 6) is 0.550. The smallest absolute Gasteiger partial charge is 0.343 e. The van der Waals surface area contributed by atoms with Crippen molar-refractivity contribution in [3.63, 3.8) is 0 Å². The minimum atomic E-state index is -0.623. The van der Waals surface area contributed by atoms with Gasteiger partial charge in [-0.05, 0) is 97.8 Å². The predicted molar refractivity (Wildman–Crippen MR) is 155 cm³/mol. The summed E-state index contributed by atoms with van der Waals surface area (Å²) in [6.45, 7) is 6.24. The van der Waals surface area contributed by atoms with E-state index in [2.05, 4.69) is 0 Å². The second kappa shape index (κ2) is 12.9. The van der Waals surface area contributed by atoms with Gasteiger partial charge in [0.25, 0.3) is 11.1 Å². The largest absolute Gasteiger partial charge is 0.497 e. The summed E-state index contributed by atoms with van der Waals surface area (Å²) in [6, 6.07) is 15.5. The molecule has 208 valence electrons. The maximum Gasteiger partial charge on any atom is 0.343 e. The second-order valence-electron chi connectivity index (χ2n) is 8.83. The summed E-state index contributed by atoms with van der Waals surface area (Å²) in [5, 5.41) is -0.276. The first kappa shape index (κ1) is 29.0. The maximum atomic E-state index is 13.0. The Hall–Kier alpha value is -3.95. The lowest BCUT2D eigenvalue weighted by Crippen LogP contribution is -2.32. The van der Waals surface area contributed by atoms with Crippen LogP contribution in [0.25, 0.3) is 6.08 Å². The number of carbonyl (C=O) groups excluding carboxylic acids is 3. The summed E-state index contributed by atoms with van der Waals surface area (Å²) in [4.78, 5) is 39.7. The molecule has 2 amide bonds. The highest BCUT2D eigenvalue weighted by Crippen LogP contribution is 2.39. The van der Waals surface area contributed by atoms with Crippen molar-refractivity contribution in [2.45, 2.75) is 20.8 Å². The Morgan fingerprint density at radius 2 is 1.75 bits per heavy atom. The molecule has 0 bridgehead atoms. The van der Waals surface area contributed by atoms with Crippen LogP contribution in [0.15, 0.2) is 59.5 Å². The van der Waals surface area contributed by atoms with Crippen LogP contribution in [-0.4, -0.2) is 48.9 Å². The number of imide groups is 1. The fourth-order valence-electron chi connectivity index (χ4n) is 3.87. The molecular formula is C30H28ClNO7S. The Morgan fingerprint density at radius 1 is 1.00 bits per heavy atom. The normalized spacial score (nSPS) is 14.0. The van der Waals surface area contributed by atoms with Gasteiger partial charge in [0.1, 0.15) is 18.1 Å². The van der Waals surface area contributed by atoms with Crippen molar-refractivity contribution in [2.24, 2.45) is 0 Å². The van der Waals surface area contributed by atoms with E-state index in [9.17, 15) is 14.4 Å². The van der Waals surface area contributed by atoms with Crippen LogP contribution in [0, 0.1) is 13.8 Å². The molecule has 1 saturated heterocycles. The van der Waals surface area contributed by atoms with Crippen molar-refractivity contribution in [3.05, 3.63) is 86.8 Å². The van der Waals surface area contributed by atoms with Crippen molar-refractivity contribution in [2.75, 3.05) is 26.9 Å². The lowest BCUT2D eigenvalue weighted by atomic mass is 10.1. The molecule has 0 spiro atoms. The average Bonchev–Trinajstić information content (AvgIpc) is 3.19. The Labute approximate surface area is 241 Å². The van der Waals surface area contributed by atoms with Crippen LogP contribution >= 0.6 is 23.4 Å². The summed E-state index contributed by atoms with van der Waals surface area (Å²) in [5.41, 5.74) is 2.84. The average molecular weight is 582 g/mol. The zero-order valence-electron chi connectivity index (χ0n) is 22.5. The molecule has 1 aliphatic rings. The molecule has 1 fully saturated rings. The van der Waals surface area contributed by atoms with Crippen LogP contribution < -0.4 is 18.9 Å². The van der Waals surface area contributed by atoms with Gasteiger partial charge in [0.05, 0.1) is 35.8 Å². The van der Waals surface area contributed by atoms with Crippen molar-refractivity contribution in [3.8, 4) is 23.0 Å². The highest BCUT2D eigenvalue weighted by atomic mass is 35.5. The quantitative estimate of drug-likeness (QED) is 0.148. The van der Waals surface area contributed by atoms with Crippen molar-refractivity contribution in [1.82, 2.24) is 4.90 Å². The van der Waals surface area contributed by atoms with E-state index in [4.69, 9.17) is 30.5 Å². The molecule has 0 atom stereocenters. The number of hydrogen-bond acceptors (Lipinski definition) is 8. The predicted octanol–water partition coefficient (Wildman–Crippen LogP) is 6.70. The molecule has 4 rings (SSSR count). The van der Waals surface area contributed by atoms with Gasteiger partial charge in [-0.1, -0.05) is 23.7 Å². The van der Waals surface area contributed by atoms with Crippen LogP contribution in [0.1, 0.15) is 34.0 Å². The number of halogens is 1. The van der Waals surface area contributed by atoms with E-state index in [0.717, 1.165) is 27.8 Å². The number of carbonyl (C=O) groups is 3. The third kappa shape index (κ3) is 6.78. The van der Waals surface area contributed by atoms with E-state index in [0.29, 0.717) is 22.6 Å². The molecule has 1 heterocycles. The van der Waals surface area contributed by atoms with Gasteiger partial charge in [0, 0.05) is 0 Å². The summed E-state index contributed by atoms with van der Waals surface area (Å²) < 4.78 is 22.2. The third-order valence-corrected chi connectivity index (χ3v) is 7.13. The summed E-state index contributed by atoms with van der Waals surface area (Å²) >= 11 is 7.32. The number of benzene rings is 3. The van der Waals surface area contributed by atoms with Crippen molar-refractivity contribution in [1.29, 1.82) is 0 Å². The third-order valence-electron chi connectivity index (χ3n) is 5.94. The number of ether oxygens (including phenoxy) is 4. The van der Waals surface area contributed by atoms with Crippen LogP contribution in [0.5, 0.6) is 23.0 Å². The number of nitrogens with zero attached hydrogens (tertiary/aromatic N) is 1. The van der Waals surface area contributed by atoms with Crippen molar-refractivity contribution >= 4 is 46.6 Å². The molecule has 10 heteroatoms. The lowest BCUT2D eigenvalue weighted by Gasteiger charge is -2.15. The molecule has 0 aromatic heterocycles. The fourth-order valence-corrected chi connectivity index (χ4v) is 4.99. The topological polar surface area (TPSA) is 91.4 Å². The molecule has 1 aliphatic heterocycles. The number of esters is 1. The first-order chi connectivity index (χ1) is 19.2. The van der Waals surface area contributed by atoms with Crippen LogP contribution in [0.3, 0.4) is 0 Å². The van der Waals surface area contributed by atoms with Crippen LogP contribution in [0.2, 0.25) is 5.02 Å². The highest BCUT2D eigenvalue weighted by Gasteiger charge is 2.35. The Kier molecular flexibility index (Phi) is 9.39. The second-order valence-corrected chi connectivity index (χ2v) is 10.2. The van der Waals surface area contributed by atoms with Gasteiger partial charge in [-0.15, -0.1) is 0 Å². The van der Waals surface area contributed by atoms with Crippen LogP contribution in [0.4, 0.5) is 4.79 Å². The monoisotopic (exact) mass is 581 g/mol. The van der Waals surface area contributed by atoms with E-state index in [-0.39, 0.29) is 46.4 Å². The van der Waals surface area contributed by atoms with Gasteiger partial charge < -0.3 is 18.9 Å². The zero-order chi connectivity index (χ0) is 28.8. The van der Waals surface area contributed by atoms with E-state index >= 15 is 0 Å². The molecule has 3 aromatic rings. The summed E-state index contributed by atoms with van der Waals surface area (Å²) in [6.07, 6.45) is 1.56. The first-order valence-corrected chi connectivity index (χ1v) is 13.7. The highest BCUT2D eigenvalue weighted by molar-refractivity contribution is 8.18. The van der Waals surface area contributed by atoms with Gasteiger partial charge in [-0.25, -0.2) is 4.79 Å².